The van der Waals surface area contributed by atoms with E-state index in [2.05, 4.69) is 47.8 Å². The van der Waals surface area contributed by atoms with Crippen molar-refractivity contribution in [3.63, 3.8) is 0 Å². The fourth-order valence-electron chi connectivity index (χ4n) is 1.06. The second-order valence-corrected chi connectivity index (χ2v) is 5.23. The van der Waals surface area contributed by atoms with Crippen LogP contribution in [0.25, 0.3) is 0 Å². The van der Waals surface area contributed by atoms with Crippen LogP contribution in [0.5, 0.6) is 0 Å². The molecule has 0 aromatic heterocycles. The summed E-state index contributed by atoms with van der Waals surface area (Å²) in [4.78, 5) is 2.30. The van der Waals surface area contributed by atoms with Crippen LogP contribution in [-0.4, -0.2) is 31.2 Å². The summed E-state index contributed by atoms with van der Waals surface area (Å²) in [6.45, 7) is 10.3. The highest BCUT2D eigenvalue weighted by atomic mass is 79.9. The van der Waals surface area contributed by atoms with E-state index in [4.69, 9.17) is 4.74 Å². The van der Waals surface area contributed by atoms with Crippen molar-refractivity contribution < 1.29 is 4.74 Å². The van der Waals surface area contributed by atoms with Crippen LogP contribution in [0.15, 0.2) is 10.7 Å². The zero-order chi connectivity index (χ0) is 9.90. The molecule has 1 heterocycles. The van der Waals surface area contributed by atoms with Gasteiger partial charge in [0.25, 0.3) is 0 Å². The van der Waals surface area contributed by atoms with Gasteiger partial charge in [0.1, 0.15) is 0 Å². The quantitative estimate of drug-likeness (QED) is 0.707. The highest BCUT2D eigenvalue weighted by Gasteiger charge is 2.16. The minimum atomic E-state index is 0.207. The van der Waals surface area contributed by atoms with Crippen molar-refractivity contribution in [3.05, 3.63) is 10.7 Å². The first kappa shape index (κ1) is 11.1. The molecule has 3 heteroatoms. The Bertz CT molecular complexity index is 190. The second kappa shape index (κ2) is 4.47. The van der Waals surface area contributed by atoms with Gasteiger partial charge in [-0.3, -0.25) is 0 Å². The van der Waals surface area contributed by atoms with Crippen LogP contribution < -0.4 is 0 Å². The third kappa shape index (κ3) is 3.69. The van der Waals surface area contributed by atoms with Gasteiger partial charge in [-0.2, -0.15) is 0 Å². The maximum Gasteiger partial charge on any atom is 0.0642 e. The fraction of sp³-hybridized carbons (Fsp3) is 0.800. The first-order valence-electron chi connectivity index (χ1n) is 4.70. The molecular weight excluding hydrogens is 230 g/mol. The molecule has 0 atom stereocenters. The number of hydrogen-bond acceptors (Lipinski definition) is 2. The minimum Gasteiger partial charge on any atom is -0.378 e. The number of nitrogens with zero attached hydrogens (tertiary/aromatic N) is 1. The predicted molar refractivity (Wildman–Crippen MR) is 58.9 cm³/mol. The Morgan fingerprint density at radius 3 is 2.31 bits per heavy atom. The van der Waals surface area contributed by atoms with E-state index in [1.807, 2.05) is 0 Å². The van der Waals surface area contributed by atoms with Gasteiger partial charge in [-0.05, 0) is 5.41 Å². The first-order valence-corrected chi connectivity index (χ1v) is 5.49. The van der Waals surface area contributed by atoms with E-state index in [9.17, 15) is 0 Å². The van der Waals surface area contributed by atoms with E-state index in [0.29, 0.717) is 0 Å². The molecule has 1 fully saturated rings. The molecule has 13 heavy (non-hydrogen) atoms. The molecule has 1 aliphatic heterocycles. The summed E-state index contributed by atoms with van der Waals surface area (Å²) in [5, 5.41) is 0. The molecule has 1 aliphatic rings. The molecule has 0 aliphatic carbocycles. The predicted octanol–water partition coefficient (Wildman–Crippen LogP) is 2.60. The van der Waals surface area contributed by atoms with Crippen LogP contribution in [0.1, 0.15) is 20.8 Å². The molecule has 0 aromatic rings. The van der Waals surface area contributed by atoms with Gasteiger partial charge < -0.3 is 9.64 Å². The summed E-state index contributed by atoms with van der Waals surface area (Å²) in [6, 6.07) is 0. The van der Waals surface area contributed by atoms with Crippen molar-refractivity contribution in [2.24, 2.45) is 5.41 Å². The van der Waals surface area contributed by atoms with Crippen molar-refractivity contribution >= 4 is 15.9 Å². The lowest BCUT2D eigenvalue weighted by atomic mass is 9.97. The van der Waals surface area contributed by atoms with E-state index >= 15 is 0 Å². The third-order valence-electron chi connectivity index (χ3n) is 2.06. The molecule has 0 bridgehead atoms. The Morgan fingerprint density at radius 1 is 1.31 bits per heavy atom. The molecule has 0 N–H and O–H groups in total. The van der Waals surface area contributed by atoms with Crippen LogP contribution in [0.4, 0.5) is 0 Å². The zero-order valence-electron chi connectivity index (χ0n) is 8.64. The molecule has 76 valence electrons. The summed E-state index contributed by atoms with van der Waals surface area (Å²) in [5.74, 6) is 0. The molecule has 0 radical (unpaired) electrons. The summed E-state index contributed by atoms with van der Waals surface area (Å²) in [5.41, 5.74) is 0.207. The number of morpholine rings is 1. The normalized spacial score (nSPS) is 20.6. The van der Waals surface area contributed by atoms with Crippen LogP contribution in [0.2, 0.25) is 0 Å². The Balaban J connectivity index is 2.53. The van der Waals surface area contributed by atoms with E-state index in [1.165, 1.54) is 4.48 Å². The molecule has 0 saturated carbocycles. The van der Waals surface area contributed by atoms with Gasteiger partial charge in [-0.25, -0.2) is 0 Å². The van der Waals surface area contributed by atoms with Gasteiger partial charge in [-0.1, -0.05) is 36.7 Å². The fourth-order valence-corrected chi connectivity index (χ4v) is 1.35. The molecule has 0 spiro atoms. The smallest absolute Gasteiger partial charge is 0.0642 e. The van der Waals surface area contributed by atoms with Gasteiger partial charge in [0, 0.05) is 23.8 Å². The SMILES string of the molecule is CC(C)(C)C(Br)=CN1CCOCC1. The Kier molecular flexibility index (Phi) is 3.80. The average Bonchev–Trinajstić information content (AvgIpc) is 2.04. The molecule has 1 rings (SSSR count). The van der Waals surface area contributed by atoms with Gasteiger partial charge in [0.05, 0.1) is 13.2 Å². The van der Waals surface area contributed by atoms with Gasteiger partial charge in [0.15, 0.2) is 0 Å². The Morgan fingerprint density at radius 2 is 1.85 bits per heavy atom. The number of halogens is 1. The summed E-state index contributed by atoms with van der Waals surface area (Å²) >= 11 is 3.61. The van der Waals surface area contributed by atoms with Crippen molar-refractivity contribution in [2.45, 2.75) is 20.8 Å². The standard InChI is InChI=1S/C10H18BrNO/c1-10(2,3)9(11)8-12-4-6-13-7-5-12/h8H,4-7H2,1-3H3. The highest BCUT2D eigenvalue weighted by molar-refractivity contribution is 9.11. The van der Waals surface area contributed by atoms with Gasteiger partial charge in [-0.15, -0.1) is 0 Å². The van der Waals surface area contributed by atoms with Gasteiger partial charge >= 0.3 is 0 Å². The lowest BCUT2D eigenvalue weighted by molar-refractivity contribution is 0.0589. The molecule has 0 unspecified atom stereocenters. The first-order chi connectivity index (χ1) is 6.00. The average molecular weight is 248 g/mol. The maximum atomic E-state index is 5.28. The Hall–Kier alpha value is -0.0200. The van der Waals surface area contributed by atoms with Crippen molar-refractivity contribution in [1.29, 1.82) is 0 Å². The highest BCUT2D eigenvalue weighted by Crippen LogP contribution is 2.30. The molecule has 2 nitrogen and oxygen atoms in total. The van der Waals surface area contributed by atoms with E-state index in [1.54, 1.807) is 0 Å². The zero-order valence-corrected chi connectivity index (χ0v) is 10.2. The van der Waals surface area contributed by atoms with Crippen LogP contribution >= 0.6 is 15.9 Å². The van der Waals surface area contributed by atoms with Crippen molar-refractivity contribution in [1.82, 2.24) is 4.90 Å². The Labute approximate surface area is 89.1 Å². The van der Waals surface area contributed by atoms with Crippen LogP contribution in [-0.2, 0) is 4.74 Å². The van der Waals surface area contributed by atoms with Crippen molar-refractivity contribution in [3.8, 4) is 0 Å². The third-order valence-corrected chi connectivity index (χ3v) is 3.45. The largest absolute Gasteiger partial charge is 0.378 e. The minimum absolute atomic E-state index is 0.207. The van der Waals surface area contributed by atoms with Gasteiger partial charge in [0.2, 0.25) is 0 Å². The molecule has 0 amide bonds. The molecular formula is C10H18BrNO. The lowest BCUT2D eigenvalue weighted by Crippen LogP contribution is -2.32. The molecule has 0 aromatic carbocycles. The second-order valence-electron chi connectivity index (χ2n) is 4.38. The monoisotopic (exact) mass is 247 g/mol. The topological polar surface area (TPSA) is 12.5 Å². The maximum absolute atomic E-state index is 5.28. The summed E-state index contributed by atoms with van der Waals surface area (Å²) in [6.07, 6.45) is 2.20. The van der Waals surface area contributed by atoms with Crippen LogP contribution in [0.3, 0.4) is 0 Å². The molecule has 1 saturated heterocycles. The summed E-state index contributed by atoms with van der Waals surface area (Å²) in [7, 11) is 0. The number of allylic oxidation sites excluding steroid dienone is 1. The summed E-state index contributed by atoms with van der Waals surface area (Å²) < 4.78 is 6.53. The lowest BCUT2D eigenvalue weighted by Gasteiger charge is -2.28. The number of ether oxygens (including phenoxy) is 1. The van der Waals surface area contributed by atoms with E-state index < -0.39 is 0 Å². The van der Waals surface area contributed by atoms with Crippen LogP contribution in [0, 0.1) is 5.41 Å². The van der Waals surface area contributed by atoms with Crippen molar-refractivity contribution in [2.75, 3.05) is 26.3 Å². The van der Waals surface area contributed by atoms with E-state index in [0.717, 1.165) is 26.3 Å². The van der Waals surface area contributed by atoms with E-state index in [-0.39, 0.29) is 5.41 Å². The number of hydrogen-bond donors (Lipinski definition) is 0. The number of rotatable bonds is 1.